The Morgan fingerprint density at radius 1 is 1.21 bits per heavy atom. The number of nitrogens with zero attached hydrogens (tertiary/aromatic N) is 2. The van der Waals surface area contributed by atoms with Crippen molar-refractivity contribution in [3.63, 3.8) is 0 Å². The van der Waals surface area contributed by atoms with E-state index in [-0.39, 0.29) is 18.4 Å². The highest BCUT2D eigenvalue weighted by molar-refractivity contribution is 5.91. The number of halogens is 1. The smallest absolute Gasteiger partial charge is 0.230 e. The minimum Gasteiger partial charge on any atom is -0.376 e. The van der Waals surface area contributed by atoms with Crippen molar-refractivity contribution < 1.29 is 13.9 Å². The van der Waals surface area contributed by atoms with Crippen molar-refractivity contribution in [1.29, 1.82) is 0 Å². The van der Waals surface area contributed by atoms with Crippen LogP contribution in [-0.4, -0.2) is 35.4 Å². The molecule has 1 aromatic heterocycles. The van der Waals surface area contributed by atoms with E-state index in [0.717, 1.165) is 19.4 Å². The molecule has 0 radical (unpaired) electrons. The Hall–Kier alpha value is -2.54. The van der Waals surface area contributed by atoms with Crippen LogP contribution in [0.4, 0.5) is 16.0 Å². The van der Waals surface area contributed by atoms with Crippen molar-refractivity contribution in [1.82, 2.24) is 10.2 Å². The van der Waals surface area contributed by atoms with Crippen molar-refractivity contribution in [3.05, 3.63) is 47.8 Å². The first-order valence-electron chi connectivity index (χ1n) is 7.93. The van der Waals surface area contributed by atoms with Gasteiger partial charge in [-0.15, -0.1) is 10.2 Å². The summed E-state index contributed by atoms with van der Waals surface area (Å²) in [5.41, 5.74) is 0.345. The van der Waals surface area contributed by atoms with Gasteiger partial charge in [0.1, 0.15) is 11.6 Å². The van der Waals surface area contributed by atoms with Crippen LogP contribution in [0.25, 0.3) is 0 Å². The molecule has 2 aromatic rings. The molecule has 0 saturated carbocycles. The van der Waals surface area contributed by atoms with E-state index in [4.69, 9.17) is 4.74 Å². The predicted octanol–water partition coefficient (Wildman–Crippen LogP) is 2.39. The molecule has 6 nitrogen and oxygen atoms in total. The van der Waals surface area contributed by atoms with Gasteiger partial charge < -0.3 is 15.4 Å². The van der Waals surface area contributed by atoms with Crippen LogP contribution in [0.15, 0.2) is 36.4 Å². The molecule has 1 amide bonds. The number of nitrogens with one attached hydrogen (secondary N) is 2. The van der Waals surface area contributed by atoms with Crippen LogP contribution < -0.4 is 10.6 Å². The number of benzene rings is 1. The van der Waals surface area contributed by atoms with Gasteiger partial charge in [-0.1, -0.05) is 18.2 Å². The number of hydrogen-bond acceptors (Lipinski definition) is 5. The third kappa shape index (κ3) is 4.48. The molecule has 1 saturated heterocycles. The van der Waals surface area contributed by atoms with Gasteiger partial charge in [0.25, 0.3) is 0 Å². The van der Waals surface area contributed by atoms with E-state index in [1.54, 1.807) is 30.3 Å². The quantitative estimate of drug-likeness (QED) is 0.850. The van der Waals surface area contributed by atoms with Crippen LogP contribution in [0.3, 0.4) is 0 Å². The highest BCUT2D eigenvalue weighted by Crippen LogP contribution is 2.13. The third-order valence-corrected chi connectivity index (χ3v) is 3.78. The molecule has 1 fully saturated rings. The average molecular weight is 330 g/mol. The zero-order valence-electron chi connectivity index (χ0n) is 13.2. The summed E-state index contributed by atoms with van der Waals surface area (Å²) in [7, 11) is 0. The summed E-state index contributed by atoms with van der Waals surface area (Å²) < 4.78 is 19.0. The second-order valence-electron chi connectivity index (χ2n) is 5.64. The van der Waals surface area contributed by atoms with Gasteiger partial charge in [-0.05, 0) is 36.6 Å². The molecule has 7 heteroatoms. The van der Waals surface area contributed by atoms with Gasteiger partial charge in [0, 0.05) is 13.2 Å². The fourth-order valence-electron chi connectivity index (χ4n) is 2.52. The summed E-state index contributed by atoms with van der Waals surface area (Å²) in [6.45, 7) is 1.50. The Morgan fingerprint density at radius 2 is 2.00 bits per heavy atom. The maximum atomic E-state index is 13.5. The number of carbonyl (C=O) groups excluding carboxylic acids is 1. The highest BCUT2D eigenvalue weighted by atomic mass is 19.1. The summed E-state index contributed by atoms with van der Waals surface area (Å²) in [5, 5.41) is 13.7. The molecule has 2 heterocycles. The van der Waals surface area contributed by atoms with Gasteiger partial charge in [-0.3, -0.25) is 4.79 Å². The Labute approximate surface area is 139 Å². The first kappa shape index (κ1) is 16.3. The van der Waals surface area contributed by atoms with Crippen molar-refractivity contribution in [2.24, 2.45) is 0 Å². The van der Waals surface area contributed by atoms with E-state index in [1.165, 1.54) is 6.07 Å². The summed E-state index contributed by atoms with van der Waals surface area (Å²) in [6, 6.07) is 9.59. The van der Waals surface area contributed by atoms with E-state index < -0.39 is 5.82 Å². The lowest BCUT2D eigenvalue weighted by molar-refractivity contribution is -0.115. The lowest BCUT2D eigenvalue weighted by atomic mass is 10.1. The fraction of sp³-hybridized carbons (Fsp3) is 0.353. The van der Waals surface area contributed by atoms with Gasteiger partial charge in [-0.2, -0.15) is 0 Å². The number of hydrogen-bond donors (Lipinski definition) is 2. The lowest BCUT2D eigenvalue weighted by Crippen LogP contribution is -2.19. The topological polar surface area (TPSA) is 76.1 Å². The molecule has 126 valence electrons. The monoisotopic (exact) mass is 330 g/mol. The van der Waals surface area contributed by atoms with Crippen molar-refractivity contribution in [2.45, 2.75) is 25.4 Å². The average Bonchev–Trinajstić information content (AvgIpc) is 3.10. The van der Waals surface area contributed by atoms with Gasteiger partial charge in [-0.25, -0.2) is 4.39 Å². The van der Waals surface area contributed by atoms with Crippen LogP contribution in [-0.2, 0) is 16.0 Å². The van der Waals surface area contributed by atoms with E-state index in [1.807, 2.05) is 0 Å². The number of rotatable bonds is 6. The molecule has 1 unspecified atom stereocenters. The van der Waals surface area contributed by atoms with Gasteiger partial charge in [0.05, 0.1) is 12.5 Å². The van der Waals surface area contributed by atoms with E-state index in [2.05, 4.69) is 20.8 Å². The summed E-state index contributed by atoms with van der Waals surface area (Å²) in [4.78, 5) is 11.9. The Bertz CT molecular complexity index is 687. The molecular weight excluding hydrogens is 311 g/mol. The zero-order valence-corrected chi connectivity index (χ0v) is 13.2. The Kier molecular flexibility index (Phi) is 5.32. The second kappa shape index (κ2) is 7.83. The van der Waals surface area contributed by atoms with Gasteiger partial charge in [0.15, 0.2) is 5.82 Å². The first-order valence-corrected chi connectivity index (χ1v) is 7.93. The number of aromatic nitrogens is 2. The first-order chi connectivity index (χ1) is 11.7. The minimum atomic E-state index is -0.396. The highest BCUT2D eigenvalue weighted by Gasteiger charge is 2.15. The van der Waals surface area contributed by atoms with Gasteiger partial charge >= 0.3 is 0 Å². The molecule has 0 bridgehead atoms. The van der Waals surface area contributed by atoms with Crippen LogP contribution >= 0.6 is 0 Å². The molecule has 1 atom stereocenters. The van der Waals surface area contributed by atoms with Crippen LogP contribution in [0, 0.1) is 5.82 Å². The Morgan fingerprint density at radius 3 is 2.71 bits per heavy atom. The van der Waals surface area contributed by atoms with Crippen LogP contribution in [0.1, 0.15) is 18.4 Å². The van der Waals surface area contributed by atoms with E-state index in [0.29, 0.717) is 23.7 Å². The minimum absolute atomic E-state index is 0.0482. The molecule has 0 spiro atoms. The molecule has 1 aliphatic heterocycles. The molecule has 2 N–H and O–H groups in total. The third-order valence-electron chi connectivity index (χ3n) is 3.78. The lowest BCUT2D eigenvalue weighted by Gasteiger charge is -2.11. The molecule has 0 aliphatic carbocycles. The van der Waals surface area contributed by atoms with E-state index >= 15 is 0 Å². The predicted molar refractivity (Wildman–Crippen MR) is 88.2 cm³/mol. The van der Waals surface area contributed by atoms with Crippen LogP contribution in [0.5, 0.6) is 0 Å². The van der Waals surface area contributed by atoms with Gasteiger partial charge in [0.2, 0.25) is 5.91 Å². The number of anilines is 2. The van der Waals surface area contributed by atoms with Crippen molar-refractivity contribution in [3.8, 4) is 0 Å². The summed E-state index contributed by atoms with van der Waals surface area (Å²) in [5.74, 6) is 0.221. The van der Waals surface area contributed by atoms with Crippen molar-refractivity contribution >= 4 is 17.5 Å². The summed E-state index contributed by atoms with van der Waals surface area (Å²) >= 11 is 0. The zero-order chi connectivity index (χ0) is 16.8. The van der Waals surface area contributed by atoms with E-state index in [9.17, 15) is 9.18 Å². The normalized spacial score (nSPS) is 16.8. The molecule has 3 rings (SSSR count). The number of carbonyl (C=O) groups is 1. The Balaban J connectivity index is 1.50. The number of amides is 1. The number of ether oxygens (including phenoxy) is 1. The SMILES string of the molecule is O=C(Cc1ccccc1F)Nc1ccc(NCC2CCCO2)nn1. The molecular formula is C17H19FN4O2. The van der Waals surface area contributed by atoms with Crippen molar-refractivity contribution in [2.75, 3.05) is 23.8 Å². The molecule has 1 aromatic carbocycles. The second-order valence-corrected chi connectivity index (χ2v) is 5.64. The standard InChI is InChI=1S/C17H19FN4O2/c18-14-6-2-1-4-12(14)10-17(23)20-16-8-7-15(21-22-16)19-11-13-5-3-9-24-13/h1-2,4,6-8,13H,3,5,9-11H2,(H,19,21)(H,20,22,23). The summed E-state index contributed by atoms with van der Waals surface area (Å²) in [6.07, 6.45) is 2.30. The molecule has 24 heavy (non-hydrogen) atoms. The largest absolute Gasteiger partial charge is 0.376 e. The fourth-order valence-corrected chi connectivity index (χ4v) is 2.52. The maximum Gasteiger partial charge on any atom is 0.230 e. The molecule has 1 aliphatic rings. The maximum absolute atomic E-state index is 13.5. The van der Waals surface area contributed by atoms with Crippen LogP contribution in [0.2, 0.25) is 0 Å².